The molecule has 0 saturated heterocycles. The summed E-state index contributed by atoms with van der Waals surface area (Å²) >= 11 is 0. The van der Waals surface area contributed by atoms with Crippen molar-refractivity contribution in [3.8, 4) is 0 Å². The Hall–Kier alpha value is -0.930. The molecule has 2 nitrogen and oxygen atoms in total. The fourth-order valence-corrected chi connectivity index (χ4v) is 2.24. The van der Waals surface area contributed by atoms with Crippen molar-refractivity contribution < 1.29 is 9.50 Å². The van der Waals surface area contributed by atoms with Gasteiger partial charge in [0.05, 0.1) is 6.10 Å². The van der Waals surface area contributed by atoms with Crippen molar-refractivity contribution >= 4 is 0 Å². The number of hydrogen-bond acceptors (Lipinski definition) is 2. The molecule has 0 spiro atoms. The van der Waals surface area contributed by atoms with Crippen LogP contribution < -0.4 is 5.32 Å². The van der Waals surface area contributed by atoms with E-state index >= 15 is 0 Å². The standard InChI is InChI=1S/C13H18FNO/c1-2-9(16)8-15-13-7-6-10-11(13)4-3-5-12(10)14/h3-5,9,13,15-16H,2,6-8H2,1H3. The Balaban J connectivity index is 2.03. The largest absolute Gasteiger partial charge is 0.392 e. The van der Waals surface area contributed by atoms with Gasteiger partial charge in [-0.15, -0.1) is 0 Å². The molecule has 1 aliphatic rings. The van der Waals surface area contributed by atoms with E-state index in [4.69, 9.17) is 0 Å². The van der Waals surface area contributed by atoms with Crippen molar-refractivity contribution in [2.45, 2.75) is 38.3 Å². The van der Waals surface area contributed by atoms with Gasteiger partial charge in [0.15, 0.2) is 0 Å². The normalized spacial score (nSPS) is 20.8. The number of rotatable bonds is 4. The van der Waals surface area contributed by atoms with Gasteiger partial charge in [-0.3, -0.25) is 0 Å². The van der Waals surface area contributed by atoms with E-state index in [1.807, 2.05) is 13.0 Å². The summed E-state index contributed by atoms with van der Waals surface area (Å²) in [6, 6.07) is 5.44. The Morgan fingerprint density at radius 2 is 2.38 bits per heavy atom. The van der Waals surface area contributed by atoms with Crippen molar-refractivity contribution in [2.75, 3.05) is 6.54 Å². The van der Waals surface area contributed by atoms with Crippen LogP contribution in [0.3, 0.4) is 0 Å². The number of fused-ring (bicyclic) bond motifs is 1. The molecule has 1 aromatic carbocycles. The Morgan fingerprint density at radius 3 is 3.12 bits per heavy atom. The number of benzene rings is 1. The quantitative estimate of drug-likeness (QED) is 0.820. The van der Waals surface area contributed by atoms with E-state index in [0.29, 0.717) is 6.54 Å². The minimum absolute atomic E-state index is 0.0992. The van der Waals surface area contributed by atoms with Gasteiger partial charge in [0, 0.05) is 12.6 Å². The SMILES string of the molecule is CCC(O)CNC1CCc2c(F)cccc21. The van der Waals surface area contributed by atoms with Crippen LogP contribution in [0.1, 0.15) is 36.9 Å². The van der Waals surface area contributed by atoms with E-state index in [2.05, 4.69) is 5.32 Å². The van der Waals surface area contributed by atoms with Crippen LogP contribution in [0.25, 0.3) is 0 Å². The molecule has 0 aromatic heterocycles. The molecule has 2 rings (SSSR count). The number of hydrogen-bond donors (Lipinski definition) is 2. The highest BCUT2D eigenvalue weighted by molar-refractivity contribution is 5.35. The van der Waals surface area contributed by atoms with E-state index in [0.717, 1.165) is 30.4 Å². The summed E-state index contributed by atoms with van der Waals surface area (Å²) in [6.07, 6.45) is 2.15. The highest BCUT2D eigenvalue weighted by Gasteiger charge is 2.24. The summed E-state index contributed by atoms with van der Waals surface area (Å²) in [7, 11) is 0. The molecule has 3 heteroatoms. The van der Waals surface area contributed by atoms with Gasteiger partial charge in [-0.2, -0.15) is 0 Å². The van der Waals surface area contributed by atoms with Gasteiger partial charge in [-0.25, -0.2) is 4.39 Å². The van der Waals surface area contributed by atoms with Gasteiger partial charge in [-0.1, -0.05) is 19.1 Å². The second-order valence-corrected chi connectivity index (χ2v) is 4.37. The zero-order chi connectivity index (χ0) is 11.5. The predicted molar refractivity (Wildman–Crippen MR) is 61.8 cm³/mol. The molecule has 0 radical (unpaired) electrons. The minimum atomic E-state index is -0.308. The van der Waals surface area contributed by atoms with Crippen molar-refractivity contribution in [3.05, 3.63) is 35.1 Å². The van der Waals surface area contributed by atoms with Crippen molar-refractivity contribution in [2.24, 2.45) is 0 Å². The Morgan fingerprint density at radius 1 is 1.56 bits per heavy atom. The second kappa shape index (κ2) is 4.93. The molecular weight excluding hydrogens is 205 g/mol. The van der Waals surface area contributed by atoms with Crippen LogP contribution in [0, 0.1) is 5.82 Å². The lowest BCUT2D eigenvalue weighted by Gasteiger charge is -2.16. The fourth-order valence-electron chi connectivity index (χ4n) is 2.24. The average molecular weight is 223 g/mol. The zero-order valence-corrected chi connectivity index (χ0v) is 9.54. The molecule has 1 aliphatic carbocycles. The summed E-state index contributed by atoms with van der Waals surface area (Å²) < 4.78 is 13.5. The van der Waals surface area contributed by atoms with Gasteiger partial charge in [0.2, 0.25) is 0 Å². The Labute approximate surface area is 95.5 Å². The van der Waals surface area contributed by atoms with Gasteiger partial charge in [0.25, 0.3) is 0 Å². The van der Waals surface area contributed by atoms with Gasteiger partial charge in [-0.05, 0) is 36.5 Å². The molecule has 2 N–H and O–H groups in total. The maximum atomic E-state index is 13.5. The number of halogens is 1. The molecule has 16 heavy (non-hydrogen) atoms. The molecule has 1 aromatic rings. The molecule has 0 heterocycles. The number of nitrogens with one attached hydrogen (secondary N) is 1. The second-order valence-electron chi connectivity index (χ2n) is 4.37. The smallest absolute Gasteiger partial charge is 0.126 e. The maximum absolute atomic E-state index is 13.5. The van der Waals surface area contributed by atoms with E-state index in [1.54, 1.807) is 6.07 Å². The fraction of sp³-hybridized carbons (Fsp3) is 0.538. The van der Waals surface area contributed by atoms with Crippen LogP contribution in [-0.4, -0.2) is 17.8 Å². The first-order chi connectivity index (χ1) is 7.72. The summed E-state index contributed by atoms with van der Waals surface area (Å²) in [4.78, 5) is 0. The molecule has 0 bridgehead atoms. The Bertz CT molecular complexity index is 367. The molecule has 0 amide bonds. The van der Waals surface area contributed by atoms with Crippen LogP contribution in [-0.2, 0) is 6.42 Å². The zero-order valence-electron chi connectivity index (χ0n) is 9.54. The molecule has 2 atom stereocenters. The summed E-state index contributed by atoms with van der Waals surface area (Å²) in [6.45, 7) is 2.53. The van der Waals surface area contributed by atoms with E-state index in [9.17, 15) is 9.50 Å². The Kier molecular flexibility index (Phi) is 3.56. The summed E-state index contributed by atoms with van der Waals surface area (Å²) in [5.41, 5.74) is 1.90. The van der Waals surface area contributed by atoms with Gasteiger partial charge < -0.3 is 10.4 Å². The average Bonchev–Trinajstić information content (AvgIpc) is 2.70. The van der Waals surface area contributed by atoms with Crippen LogP contribution >= 0.6 is 0 Å². The third kappa shape index (κ3) is 2.25. The van der Waals surface area contributed by atoms with E-state index < -0.39 is 0 Å². The molecule has 2 unspecified atom stereocenters. The summed E-state index contributed by atoms with van der Waals surface area (Å²) in [5, 5.41) is 12.8. The van der Waals surface area contributed by atoms with Crippen molar-refractivity contribution in [1.29, 1.82) is 0 Å². The van der Waals surface area contributed by atoms with Gasteiger partial charge in [0.1, 0.15) is 5.82 Å². The predicted octanol–water partition coefficient (Wildman–Crippen LogP) is 2.17. The first kappa shape index (κ1) is 11.6. The summed E-state index contributed by atoms with van der Waals surface area (Å²) in [5.74, 6) is -0.0992. The van der Waals surface area contributed by atoms with Crippen LogP contribution in [0.4, 0.5) is 4.39 Å². The monoisotopic (exact) mass is 223 g/mol. The molecule has 0 fully saturated rings. The number of aliphatic hydroxyl groups excluding tert-OH is 1. The lowest BCUT2D eigenvalue weighted by Crippen LogP contribution is -2.28. The van der Waals surface area contributed by atoms with Crippen LogP contribution in [0.5, 0.6) is 0 Å². The highest BCUT2D eigenvalue weighted by atomic mass is 19.1. The van der Waals surface area contributed by atoms with Crippen molar-refractivity contribution in [3.63, 3.8) is 0 Å². The maximum Gasteiger partial charge on any atom is 0.126 e. The van der Waals surface area contributed by atoms with Crippen LogP contribution in [0.2, 0.25) is 0 Å². The van der Waals surface area contributed by atoms with Gasteiger partial charge >= 0.3 is 0 Å². The minimum Gasteiger partial charge on any atom is -0.392 e. The molecule has 0 saturated carbocycles. The van der Waals surface area contributed by atoms with Crippen molar-refractivity contribution in [1.82, 2.24) is 5.32 Å². The highest BCUT2D eigenvalue weighted by Crippen LogP contribution is 2.32. The third-order valence-corrected chi connectivity index (χ3v) is 3.28. The third-order valence-electron chi connectivity index (χ3n) is 3.28. The number of aliphatic hydroxyl groups is 1. The molecule has 0 aliphatic heterocycles. The lowest BCUT2D eigenvalue weighted by atomic mass is 10.1. The van der Waals surface area contributed by atoms with E-state index in [1.165, 1.54) is 6.07 Å². The molecule has 88 valence electrons. The molecular formula is C13H18FNO. The van der Waals surface area contributed by atoms with E-state index in [-0.39, 0.29) is 18.0 Å². The van der Waals surface area contributed by atoms with Crippen LogP contribution in [0.15, 0.2) is 18.2 Å². The lowest BCUT2D eigenvalue weighted by molar-refractivity contribution is 0.163. The first-order valence-electron chi connectivity index (χ1n) is 5.91. The first-order valence-corrected chi connectivity index (χ1v) is 5.91. The topological polar surface area (TPSA) is 32.3 Å².